The van der Waals surface area contributed by atoms with Gasteiger partial charge in [0.1, 0.15) is 5.58 Å². The van der Waals surface area contributed by atoms with Crippen molar-refractivity contribution in [1.82, 2.24) is 9.55 Å². The number of nitrogens with zero attached hydrogens (tertiary/aromatic N) is 2. The van der Waals surface area contributed by atoms with Crippen molar-refractivity contribution in [2.24, 2.45) is 5.92 Å². The van der Waals surface area contributed by atoms with Gasteiger partial charge in [-0.25, -0.2) is 9.78 Å². The van der Waals surface area contributed by atoms with Gasteiger partial charge < -0.3 is 9.15 Å². The zero-order chi connectivity index (χ0) is 22.7. The van der Waals surface area contributed by atoms with Gasteiger partial charge in [-0.3, -0.25) is 9.36 Å². The molecule has 4 rings (SSSR count). The quantitative estimate of drug-likeness (QED) is 0.128. The van der Waals surface area contributed by atoms with Crippen molar-refractivity contribution in [3.05, 3.63) is 74.8 Å². The SMILES string of the molecule is CC(C)COC(=O)CSc1nc(-c2cc3ccccc3oc2=O)cn1-c1ccc(I)cc1. The molecule has 0 saturated carbocycles. The van der Waals surface area contributed by atoms with E-state index in [0.717, 1.165) is 14.6 Å². The zero-order valence-electron chi connectivity index (χ0n) is 17.6. The van der Waals surface area contributed by atoms with Crippen molar-refractivity contribution in [1.29, 1.82) is 0 Å². The minimum Gasteiger partial charge on any atom is -0.465 e. The van der Waals surface area contributed by atoms with Crippen LogP contribution in [-0.4, -0.2) is 27.9 Å². The molecule has 2 aromatic carbocycles. The van der Waals surface area contributed by atoms with E-state index >= 15 is 0 Å². The van der Waals surface area contributed by atoms with Crippen LogP contribution in [0.2, 0.25) is 0 Å². The fraction of sp³-hybridized carbons (Fsp3) is 0.208. The molecule has 0 fully saturated rings. The lowest BCUT2D eigenvalue weighted by molar-refractivity contribution is -0.141. The Balaban J connectivity index is 1.71. The molecule has 0 N–H and O–H groups in total. The molecule has 0 unspecified atom stereocenters. The predicted octanol–water partition coefficient (Wildman–Crippen LogP) is 5.54. The number of hydrogen-bond acceptors (Lipinski definition) is 6. The number of fused-ring (bicyclic) bond motifs is 1. The number of carbonyl (C=O) groups excluding carboxylic acids is 1. The summed E-state index contributed by atoms with van der Waals surface area (Å²) in [6.07, 6.45) is 1.80. The molecule has 0 radical (unpaired) electrons. The number of aromatic nitrogens is 2. The van der Waals surface area contributed by atoms with E-state index in [4.69, 9.17) is 9.15 Å². The minimum absolute atomic E-state index is 0.125. The molecule has 0 saturated heterocycles. The summed E-state index contributed by atoms with van der Waals surface area (Å²) in [6, 6.07) is 17.1. The Morgan fingerprint density at radius 1 is 1.19 bits per heavy atom. The maximum Gasteiger partial charge on any atom is 0.345 e. The molecule has 0 spiro atoms. The number of imidazole rings is 1. The van der Waals surface area contributed by atoms with Gasteiger partial charge in [-0.1, -0.05) is 43.8 Å². The van der Waals surface area contributed by atoms with Crippen LogP contribution in [0.15, 0.2) is 75.2 Å². The Hall–Kier alpha value is -2.59. The Morgan fingerprint density at radius 3 is 2.69 bits per heavy atom. The highest BCUT2D eigenvalue weighted by Crippen LogP contribution is 2.28. The average Bonchev–Trinajstić information content (AvgIpc) is 3.20. The van der Waals surface area contributed by atoms with Gasteiger partial charge in [-0.2, -0.15) is 0 Å². The highest BCUT2D eigenvalue weighted by atomic mass is 127. The largest absolute Gasteiger partial charge is 0.465 e. The molecular weight excluding hydrogens is 539 g/mol. The van der Waals surface area contributed by atoms with Crippen molar-refractivity contribution >= 4 is 51.3 Å². The molecule has 32 heavy (non-hydrogen) atoms. The number of benzene rings is 2. The lowest BCUT2D eigenvalue weighted by Crippen LogP contribution is -2.12. The van der Waals surface area contributed by atoms with Crippen molar-refractivity contribution < 1.29 is 13.9 Å². The van der Waals surface area contributed by atoms with E-state index in [-0.39, 0.29) is 17.6 Å². The first kappa shape index (κ1) is 22.6. The Bertz CT molecular complexity index is 1310. The molecule has 2 heterocycles. The first-order chi connectivity index (χ1) is 15.4. The summed E-state index contributed by atoms with van der Waals surface area (Å²) < 4.78 is 13.7. The molecule has 4 aromatic rings. The molecule has 0 atom stereocenters. The third kappa shape index (κ3) is 5.24. The normalized spacial score (nSPS) is 11.2. The summed E-state index contributed by atoms with van der Waals surface area (Å²) in [4.78, 5) is 29.5. The summed E-state index contributed by atoms with van der Waals surface area (Å²) >= 11 is 3.52. The standard InChI is InChI=1S/C24H21IN2O4S/c1-15(2)13-30-22(28)14-32-24-26-20(12-27(24)18-9-7-17(25)8-10-18)19-11-16-5-3-4-6-21(16)31-23(19)29/h3-12,15H,13-14H2,1-2H3. The Morgan fingerprint density at radius 2 is 1.94 bits per heavy atom. The molecule has 0 amide bonds. The third-order valence-electron chi connectivity index (χ3n) is 4.59. The maximum absolute atomic E-state index is 12.7. The van der Waals surface area contributed by atoms with Crippen LogP contribution < -0.4 is 5.63 Å². The lowest BCUT2D eigenvalue weighted by Gasteiger charge is -2.08. The van der Waals surface area contributed by atoms with Crippen LogP contribution in [0.25, 0.3) is 27.9 Å². The zero-order valence-corrected chi connectivity index (χ0v) is 20.6. The van der Waals surface area contributed by atoms with E-state index in [9.17, 15) is 9.59 Å². The van der Waals surface area contributed by atoms with Gasteiger partial charge in [-0.05, 0) is 64.9 Å². The van der Waals surface area contributed by atoms with E-state index in [1.54, 1.807) is 18.3 Å². The van der Waals surface area contributed by atoms with Crippen LogP contribution in [0.4, 0.5) is 0 Å². The lowest BCUT2D eigenvalue weighted by atomic mass is 10.1. The van der Waals surface area contributed by atoms with Crippen molar-refractivity contribution in [3.8, 4) is 16.9 Å². The molecule has 0 aliphatic heterocycles. The summed E-state index contributed by atoms with van der Waals surface area (Å²) in [5, 5.41) is 1.41. The van der Waals surface area contributed by atoms with E-state index in [1.807, 2.05) is 60.9 Å². The summed E-state index contributed by atoms with van der Waals surface area (Å²) in [7, 11) is 0. The Labute approximate surface area is 203 Å². The van der Waals surface area contributed by atoms with Gasteiger partial charge >= 0.3 is 11.6 Å². The number of thioether (sulfide) groups is 1. The fourth-order valence-corrected chi connectivity index (χ4v) is 4.20. The molecule has 0 aliphatic carbocycles. The van der Waals surface area contributed by atoms with Crippen LogP contribution >= 0.6 is 34.4 Å². The average molecular weight is 560 g/mol. The smallest absolute Gasteiger partial charge is 0.345 e. The van der Waals surface area contributed by atoms with Crippen LogP contribution in [0.1, 0.15) is 13.8 Å². The second kappa shape index (κ2) is 9.91. The summed E-state index contributed by atoms with van der Waals surface area (Å²) in [5.74, 6) is 0.101. The Kier molecular flexibility index (Phi) is 7.00. The molecular formula is C24H21IN2O4S. The molecule has 6 nitrogen and oxygen atoms in total. The number of halogens is 1. The van der Waals surface area contributed by atoms with Crippen LogP contribution in [0, 0.1) is 9.49 Å². The molecule has 164 valence electrons. The van der Waals surface area contributed by atoms with Gasteiger partial charge in [-0.15, -0.1) is 0 Å². The predicted molar refractivity (Wildman–Crippen MR) is 134 cm³/mol. The van der Waals surface area contributed by atoms with E-state index in [2.05, 4.69) is 27.6 Å². The van der Waals surface area contributed by atoms with E-state index < -0.39 is 5.63 Å². The van der Waals surface area contributed by atoms with Gasteiger partial charge in [0.25, 0.3) is 0 Å². The second-order valence-corrected chi connectivity index (χ2v) is 9.79. The summed E-state index contributed by atoms with van der Waals surface area (Å²) in [6.45, 7) is 4.37. The van der Waals surface area contributed by atoms with Crippen LogP contribution in [0.3, 0.4) is 0 Å². The monoisotopic (exact) mass is 560 g/mol. The van der Waals surface area contributed by atoms with Crippen molar-refractivity contribution in [2.75, 3.05) is 12.4 Å². The number of para-hydroxylation sites is 1. The maximum atomic E-state index is 12.7. The van der Waals surface area contributed by atoms with Crippen molar-refractivity contribution in [3.63, 3.8) is 0 Å². The van der Waals surface area contributed by atoms with Gasteiger partial charge in [0.05, 0.1) is 23.6 Å². The topological polar surface area (TPSA) is 74.3 Å². The number of rotatable bonds is 7. The molecule has 8 heteroatoms. The van der Waals surface area contributed by atoms with Crippen LogP contribution in [-0.2, 0) is 9.53 Å². The van der Waals surface area contributed by atoms with E-state index in [1.165, 1.54) is 11.8 Å². The molecule has 0 bridgehead atoms. The number of hydrogen-bond donors (Lipinski definition) is 0. The highest BCUT2D eigenvalue weighted by molar-refractivity contribution is 14.1. The fourth-order valence-electron chi connectivity index (χ4n) is 3.05. The number of carbonyl (C=O) groups is 1. The highest BCUT2D eigenvalue weighted by Gasteiger charge is 2.17. The minimum atomic E-state index is -0.455. The summed E-state index contributed by atoms with van der Waals surface area (Å²) in [5.41, 5.74) is 1.82. The van der Waals surface area contributed by atoms with Crippen LogP contribution in [0.5, 0.6) is 0 Å². The second-order valence-electron chi connectivity index (χ2n) is 7.61. The van der Waals surface area contributed by atoms with Crippen molar-refractivity contribution in [2.45, 2.75) is 19.0 Å². The number of ether oxygens (including phenoxy) is 1. The number of esters is 1. The van der Waals surface area contributed by atoms with Gasteiger partial charge in [0.15, 0.2) is 5.16 Å². The van der Waals surface area contributed by atoms with Gasteiger partial charge in [0.2, 0.25) is 0 Å². The van der Waals surface area contributed by atoms with Gasteiger partial charge in [0, 0.05) is 20.8 Å². The molecule has 0 aliphatic rings. The first-order valence-corrected chi connectivity index (χ1v) is 12.1. The molecule has 2 aromatic heterocycles. The first-order valence-electron chi connectivity index (χ1n) is 10.1. The third-order valence-corrected chi connectivity index (χ3v) is 6.24. The van der Waals surface area contributed by atoms with E-state index in [0.29, 0.717) is 28.6 Å².